The minimum Gasteiger partial charge on any atom is -0.495 e. The summed E-state index contributed by atoms with van der Waals surface area (Å²) in [7, 11) is 1.54. The van der Waals surface area contributed by atoms with Crippen LogP contribution in [-0.2, 0) is 0 Å². The Labute approximate surface area is 124 Å². The number of aryl methyl sites for hydroxylation is 1. The van der Waals surface area contributed by atoms with Crippen molar-refractivity contribution >= 4 is 27.5 Å². The minimum absolute atomic E-state index is 0.251. The SMILES string of the molecule is COc1ccc(C)cc1NC(=O)c1ccc(F)c(Br)c1. The van der Waals surface area contributed by atoms with Crippen LogP contribution in [0, 0.1) is 12.7 Å². The van der Waals surface area contributed by atoms with E-state index in [0.29, 0.717) is 17.0 Å². The Kier molecular flexibility index (Phi) is 4.39. The average Bonchev–Trinajstić information content (AvgIpc) is 2.42. The van der Waals surface area contributed by atoms with Gasteiger partial charge in [-0.05, 0) is 58.7 Å². The van der Waals surface area contributed by atoms with Gasteiger partial charge in [-0.15, -0.1) is 0 Å². The molecule has 0 aliphatic carbocycles. The predicted octanol–water partition coefficient (Wildman–Crippen LogP) is 4.16. The molecule has 0 aliphatic rings. The highest BCUT2D eigenvalue weighted by Gasteiger charge is 2.11. The lowest BCUT2D eigenvalue weighted by Gasteiger charge is -2.11. The van der Waals surface area contributed by atoms with E-state index >= 15 is 0 Å². The number of hydrogen-bond acceptors (Lipinski definition) is 2. The smallest absolute Gasteiger partial charge is 0.255 e. The summed E-state index contributed by atoms with van der Waals surface area (Å²) in [5.74, 6) is -0.158. The van der Waals surface area contributed by atoms with Crippen LogP contribution in [0.1, 0.15) is 15.9 Å². The van der Waals surface area contributed by atoms with Crippen LogP contribution < -0.4 is 10.1 Å². The fourth-order valence-electron chi connectivity index (χ4n) is 1.75. The normalized spacial score (nSPS) is 10.2. The first-order valence-electron chi connectivity index (χ1n) is 5.92. The summed E-state index contributed by atoms with van der Waals surface area (Å²) in [6.07, 6.45) is 0. The Bertz CT molecular complexity index is 658. The second kappa shape index (κ2) is 6.05. The number of anilines is 1. The van der Waals surface area contributed by atoms with Crippen molar-refractivity contribution in [3.05, 3.63) is 57.8 Å². The van der Waals surface area contributed by atoms with E-state index in [2.05, 4.69) is 21.2 Å². The molecule has 104 valence electrons. The topological polar surface area (TPSA) is 38.3 Å². The van der Waals surface area contributed by atoms with Gasteiger partial charge in [0.05, 0.1) is 17.3 Å². The Balaban J connectivity index is 2.27. The summed E-state index contributed by atoms with van der Waals surface area (Å²) in [6, 6.07) is 9.60. The van der Waals surface area contributed by atoms with E-state index in [4.69, 9.17) is 4.74 Å². The molecule has 0 unspecified atom stereocenters. The first-order valence-corrected chi connectivity index (χ1v) is 6.71. The van der Waals surface area contributed by atoms with E-state index < -0.39 is 5.82 Å². The molecule has 2 aromatic carbocycles. The monoisotopic (exact) mass is 337 g/mol. The zero-order chi connectivity index (χ0) is 14.7. The van der Waals surface area contributed by atoms with Gasteiger partial charge in [-0.2, -0.15) is 0 Å². The van der Waals surface area contributed by atoms with Crippen LogP contribution >= 0.6 is 15.9 Å². The minimum atomic E-state index is -0.408. The lowest BCUT2D eigenvalue weighted by atomic mass is 10.1. The Morgan fingerprint density at radius 3 is 2.65 bits per heavy atom. The Morgan fingerprint density at radius 2 is 2.00 bits per heavy atom. The highest BCUT2D eigenvalue weighted by atomic mass is 79.9. The van der Waals surface area contributed by atoms with Crippen LogP contribution in [0.5, 0.6) is 5.75 Å². The third-order valence-corrected chi connectivity index (χ3v) is 3.39. The second-order valence-corrected chi connectivity index (χ2v) is 5.14. The summed E-state index contributed by atoms with van der Waals surface area (Å²) in [5.41, 5.74) is 1.95. The summed E-state index contributed by atoms with van der Waals surface area (Å²) >= 11 is 3.06. The van der Waals surface area contributed by atoms with Gasteiger partial charge >= 0.3 is 0 Å². The number of methoxy groups -OCH3 is 1. The molecule has 0 radical (unpaired) electrons. The highest BCUT2D eigenvalue weighted by Crippen LogP contribution is 2.26. The molecule has 0 fully saturated rings. The van der Waals surface area contributed by atoms with Crippen molar-refractivity contribution in [3.8, 4) is 5.75 Å². The summed E-state index contributed by atoms with van der Waals surface area (Å²) in [6.45, 7) is 1.92. The number of nitrogens with one attached hydrogen (secondary N) is 1. The fourth-order valence-corrected chi connectivity index (χ4v) is 2.13. The van der Waals surface area contributed by atoms with Crippen LogP contribution in [0.25, 0.3) is 0 Å². The quantitative estimate of drug-likeness (QED) is 0.913. The molecule has 3 nitrogen and oxygen atoms in total. The van der Waals surface area contributed by atoms with Crippen LogP contribution in [0.2, 0.25) is 0 Å². The number of amides is 1. The predicted molar refractivity (Wildman–Crippen MR) is 79.8 cm³/mol. The van der Waals surface area contributed by atoms with Gasteiger partial charge in [-0.1, -0.05) is 6.07 Å². The summed E-state index contributed by atoms with van der Waals surface area (Å²) in [4.78, 5) is 12.1. The van der Waals surface area contributed by atoms with Gasteiger partial charge in [-0.25, -0.2) is 4.39 Å². The lowest BCUT2D eigenvalue weighted by Crippen LogP contribution is -2.13. The molecule has 0 atom stereocenters. The molecular weight excluding hydrogens is 325 g/mol. The van der Waals surface area contributed by atoms with Crippen molar-refractivity contribution in [1.29, 1.82) is 0 Å². The largest absolute Gasteiger partial charge is 0.495 e. The van der Waals surface area contributed by atoms with Gasteiger partial charge in [0.1, 0.15) is 11.6 Å². The standard InChI is InChI=1S/C15H13BrFNO2/c1-9-3-6-14(20-2)13(7-9)18-15(19)10-4-5-12(17)11(16)8-10/h3-8H,1-2H3,(H,18,19). The second-order valence-electron chi connectivity index (χ2n) is 4.29. The Hall–Kier alpha value is -1.88. The molecule has 0 spiro atoms. The number of rotatable bonds is 3. The number of ether oxygens (including phenoxy) is 1. The van der Waals surface area contributed by atoms with Crippen LogP contribution in [0.3, 0.4) is 0 Å². The van der Waals surface area contributed by atoms with Gasteiger partial charge < -0.3 is 10.1 Å². The maximum atomic E-state index is 13.2. The maximum absolute atomic E-state index is 13.2. The number of carbonyl (C=O) groups is 1. The van der Waals surface area contributed by atoms with E-state index in [-0.39, 0.29) is 10.4 Å². The molecular formula is C15H13BrFNO2. The first-order chi connectivity index (χ1) is 9.51. The average molecular weight is 338 g/mol. The van der Waals surface area contributed by atoms with E-state index in [9.17, 15) is 9.18 Å². The highest BCUT2D eigenvalue weighted by molar-refractivity contribution is 9.10. The molecule has 0 saturated carbocycles. The van der Waals surface area contributed by atoms with Crippen molar-refractivity contribution in [2.24, 2.45) is 0 Å². The molecule has 2 aromatic rings. The van der Waals surface area contributed by atoms with E-state index in [1.165, 1.54) is 25.3 Å². The number of carbonyl (C=O) groups excluding carboxylic acids is 1. The number of halogens is 2. The first kappa shape index (κ1) is 14.5. The number of hydrogen-bond donors (Lipinski definition) is 1. The van der Waals surface area contributed by atoms with Crippen molar-refractivity contribution in [3.63, 3.8) is 0 Å². The third-order valence-electron chi connectivity index (χ3n) is 2.78. The summed E-state index contributed by atoms with van der Waals surface area (Å²) < 4.78 is 18.6. The Morgan fingerprint density at radius 1 is 1.25 bits per heavy atom. The van der Waals surface area contributed by atoms with Gasteiger partial charge in [0.15, 0.2) is 0 Å². The molecule has 20 heavy (non-hydrogen) atoms. The van der Waals surface area contributed by atoms with Gasteiger partial charge in [-0.3, -0.25) is 4.79 Å². The van der Waals surface area contributed by atoms with E-state index in [1.807, 2.05) is 19.1 Å². The molecule has 0 aromatic heterocycles. The zero-order valence-electron chi connectivity index (χ0n) is 11.0. The van der Waals surface area contributed by atoms with Crippen LogP contribution in [0.15, 0.2) is 40.9 Å². The zero-order valence-corrected chi connectivity index (χ0v) is 12.6. The summed E-state index contributed by atoms with van der Waals surface area (Å²) in [5, 5.41) is 2.76. The van der Waals surface area contributed by atoms with Crippen LogP contribution in [-0.4, -0.2) is 13.0 Å². The van der Waals surface area contributed by atoms with Crippen LogP contribution in [0.4, 0.5) is 10.1 Å². The molecule has 0 aliphatic heterocycles. The third kappa shape index (κ3) is 3.17. The lowest BCUT2D eigenvalue weighted by molar-refractivity contribution is 0.102. The van der Waals surface area contributed by atoms with Crippen molar-refractivity contribution < 1.29 is 13.9 Å². The van der Waals surface area contributed by atoms with E-state index in [0.717, 1.165) is 5.56 Å². The molecule has 2 rings (SSSR count). The molecule has 5 heteroatoms. The van der Waals surface area contributed by atoms with Crippen molar-refractivity contribution in [2.45, 2.75) is 6.92 Å². The molecule has 1 amide bonds. The molecule has 0 saturated heterocycles. The number of benzene rings is 2. The molecule has 0 heterocycles. The molecule has 0 bridgehead atoms. The van der Waals surface area contributed by atoms with Crippen molar-refractivity contribution in [2.75, 3.05) is 12.4 Å². The van der Waals surface area contributed by atoms with Gasteiger partial charge in [0, 0.05) is 5.56 Å². The van der Waals surface area contributed by atoms with Gasteiger partial charge in [0.25, 0.3) is 5.91 Å². The van der Waals surface area contributed by atoms with E-state index in [1.54, 1.807) is 6.07 Å². The fraction of sp³-hybridized carbons (Fsp3) is 0.133. The maximum Gasteiger partial charge on any atom is 0.255 e. The van der Waals surface area contributed by atoms with Crippen molar-refractivity contribution in [1.82, 2.24) is 0 Å². The van der Waals surface area contributed by atoms with Gasteiger partial charge in [0.2, 0.25) is 0 Å². The molecule has 1 N–H and O–H groups in total.